The van der Waals surface area contributed by atoms with E-state index in [0.717, 1.165) is 11.3 Å². The van der Waals surface area contributed by atoms with E-state index in [-0.39, 0.29) is 30.7 Å². The smallest absolute Gasteiger partial charge is 0.229 e. The van der Waals surface area contributed by atoms with Crippen LogP contribution in [-0.4, -0.2) is 31.0 Å². The fourth-order valence-corrected chi connectivity index (χ4v) is 3.03. The van der Waals surface area contributed by atoms with E-state index in [1.807, 2.05) is 31.2 Å². The van der Waals surface area contributed by atoms with Crippen LogP contribution in [0.4, 0.5) is 10.1 Å². The highest BCUT2D eigenvalue weighted by atomic mass is 19.1. The van der Waals surface area contributed by atoms with Crippen LogP contribution in [-0.2, 0) is 16.0 Å². The van der Waals surface area contributed by atoms with Crippen LogP contribution in [0.1, 0.15) is 18.9 Å². The van der Waals surface area contributed by atoms with E-state index < -0.39 is 5.82 Å². The first-order chi connectivity index (χ1) is 12.5. The first kappa shape index (κ1) is 17.9. The zero-order valence-corrected chi connectivity index (χ0v) is 14.6. The lowest BCUT2D eigenvalue weighted by molar-refractivity contribution is -0.121. The van der Waals surface area contributed by atoms with Crippen molar-refractivity contribution >= 4 is 17.5 Å². The molecule has 0 unspecified atom stereocenters. The Hall–Kier alpha value is -2.89. The summed E-state index contributed by atoms with van der Waals surface area (Å²) in [5.41, 5.74) is 1.38. The van der Waals surface area contributed by atoms with Crippen molar-refractivity contribution in [1.29, 1.82) is 0 Å². The van der Waals surface area contributed by atoms with E-state index in [1.54, 1.807) is 12.1 Å². The van der Waals surface area contributed by atoms with Gasteiger partial charge < -0.3 is 15.0 Å². The molecule has 3 rings (SSSR count). The van der Waals surface area contributed by atoms with E-state index in [1.165, 1.54) is 17.0 Å². The summed E-state index contributed by atoms with van der Waals surface area (Å²) in [5.74, 6) is 0.108. The van der Waals surface area contributed by atoms with Crippen LogP contribution in [0.5, 0.6) is 5.75 Å². The lowest BCUT2D eigenvalue weighted by Crippen LogP contribution is -2.38. The molecule has 2 aromatic rings. The monoisotopic (exact) mass is 356 g/mol. The maximum atomic E-state index is 13.4. The van der Waals surface area contributed by atoms with Crippen LogP contribution < -0.4 is 15.0 Å². The molecule has 0 aliphatic carbocycles. The van der Waals surface area contributed by atoms with Crippen molar-refractivity contribution in [3.63, 3.8) is 0 Å². The quantitative estimate of drug-likeness (QED) is 0.866. The second-order valence-electron chi connectivity index (χ2n) is 6.21. The average molecular weight is 356 g/mol. The first-order valence-corrected chi connectivity index (χ1v) is 8.62. The molecule has 0 spiro atoms. The second-order valence-corrected chi connectivity index (χ2v) is 6.21. The fraction of sp³-hybridized carbons (Fsp3) is 0.300. The van der Waals surface area contributed by atoms with Crippen LogP contribution in [0.25, 0.3) is 0 Å². The van der Waals surface area contributed by atoms with Gasteiger partial charge in [0, 0.05) is 18.7 Å². The van der Waals surface area contributed by atoms with Gasteiger partial charge in [-0.25, -0.2) is 4.39 Å². The number of ether oxygens (including phenoxy) is 1. The van der Waals surface area contributed by atoms with E-state index in [4.69, 9.17) is 4.74 Å². The van der Waals surface area contributed by atoms with Crippen LogP contribution in [0.2, 0.25) is 0 Å². The molecule has 0 radical (unpaired) electrons. The highest BCUT2D eigenvalue weighted by Crippen LogP contribution is 2.22. The molecule has 1 aliphatic heterocycles. The molecule has 1 aliphatic rings. The van der Waals surface area contributed by atoms with Crippen molar-refractivity contribution in [3.05, 3.63) is 59.9 Å². The molecule has 1 saturated heterocycles. The molecule has 136 valence electrons. The maximum absolute atomic E-state index is 13.4. The SMILES string of the molecule is CCOc1ccc(CC(=O)N[C@@H]2CC(=O)N(c3cccc(F)c3)C2)cc1. The number of nitrogens with zero attached hydrogens (tertiary/aromatic N) is 1. The summed E-state index contributed by atoms with van der Waals surface area (Å²) in [5, 5.41) is 2.89. The Balaban J connectivity index is 1.56. The first-order valence-electron chi connectivity index (χ1n) is 8.62. The number of carbonyl (C=O) groups is 2. The molecular weight excluding hydrogens is 335 g/mol. The van der Waals surface area contributed by atoms with E-state index in [2.05, 4.69) is 5.32 Å². The summed E-state index contributed by atoms with van der Waals surface area (Å²) in [6.07, 6.45) is 0.447. The average Bonchev–Trinajstić information content (AvgIpc) is 2.97. The van der Waals surface area contributed by atoms with Gasteiger partial charge in [0.05, 0.1) is 19.1 Å². The van der Waals surface area contributed by atoms with Crippen molar-refractivity contribution < 1.29 is 18.7 Å². The Morgan fingerprint density at radius 3 is 2.73 bits per heavy atom. The molecule has 0 aromatic heterocycles. The van der Waals surface area contributed by atoms with Gasteiger partial charge in [-0.2, -0.15) is 0 Å². The van der Waals surface area contributed by atoms with Crippen molar-refractivity contribution in [3.8, 4) is 5.75 Å². The lowest BCUT2D eigenvalue weighted by Gasteiger charge is -2.17. The largest absolute Gasteiger partial charge is 0.494 e. The number of nitrogens with one attached hydrogen (secondary N) is 1. The lowest BCUT2D eigenvalue weighted by atomic mass is 10.1. The topological polar surface area (TPSA) is 58.6 Å². The van der Waals surface area contributed by atoms with E-state index in [9.17, 15) is 14.0 Å². The fourth-order valence-electron chi connectivity index (χ4n) is 3.03. The Bertz CT molecular complexity index is 792. The van der Waals surface area contributed by atoms with Gasteiger partial charge in [-0.05, 0) is 42.8 Å². The third kappa shape index (κ3) is 4.39. The van der Waals surface area contributed by atoms with Gasteiger partial charge in [0.25, 0.3) is 0 Å². The number of carbonyl (C=O) groups excluding carboxylic acids is 2. The Morgan fingerprint density at radius 1 is 1.27 bits per heavy atom. The third-order valence-corrected chi connectivity index (χ3v) is 4.21. The zero-order chi connectivity index (χ0) is 18.5. The molecule has 2 amide bonds. The standard InChI is InChI=1S/C20H21FN2O3/c1-2-26-18-8-6-14(7-9-18)10-19(24)22-16-12-20(25)23(13-16)17-5-3-4-15(21)11-17/h3-9,11,16H,2,10,12-13H2,1H3,(H,22,24)/t16-/m1/s1. The third-order valence-electron chi connectivity index (χ3n) is 4.21. The highest BCUT2D eigenvalue weighted by molar-refractivity contribution is 5.96. The predicted octanol–water partition coefficient (Wildman–Crippen LogP) is 2.69. The van der Waals surface area contributed by atoms with Gasteiger partial charge in [0.15, 0.2) is 0 Å². The van der Waals surface area contributed by atoms with Crippen molar-refractivity contribution in [2.75, 3.05) is 18.1 Å². The predicted molar refractivity (Wildman–Crippen MR) is 96.6 cm³/mol. The second kappa shape index (κ2) is 7.99. The minimum atomic E-state index is -0.390. The molecule has 5 nitrogen and oxygen atoms in total. The summed E-state index contributed by atoms with van der Waals surface area (Å²) in [4.78, 5) is 25.9. The summed E-state index contributed by atoms with van der Waals surface area (Å²) < 4.78 is 18.7. The molecule has 2 aromatic carbocycles. The molecule has 1 N–H and O–H groups in total. The van der Waals surface area contributed by atoms with Crippen LogP contribution in [0.3, 0.4) is 0 Å². The molecular formula is C20H21FN2O3. The molecule has 6 heteroatoms. The van der Waals surface area contributed by atoms with Crippen molar-refractivity contribution in [2.45, 2.75) is 25.8 Å². The van der Waals surface area contributed by atoms with Gasteiger partial charge >= 0.3 is 0 Å². The number of hydrogen-bond acceptors (Lipinski definition) is 3. The molecule has 0 bridgehead atoms. The van der Waals surface area contributed by atoms with Crippen LogP contribution in [0, 0.1) is 5.82 Å². The van der Waals surface area contributed by atoms with Gasteiger partial charge in [0.1, 0.15) is 11.6 Å². The number of benzene rings is 2. The summed E-state index contributed by atoms with van der Waals surface area (Å²) in [6, 6.07) is 13.0. The molecule has 26 heavy (non-hydrogen) atoms. The Labute approximate surface area is 151 Å². The summed E-state index contributed by atoms with van der Waals surface area (Å²) in [6.45, 7) is 2.85. The number of hydrogen-bond donors (Lipinski definition) is 1. The molecule has 1 atom stereocenters. The van der Waals surface area contributed by atoms with Crippen molar-refractivity contribution in [1.82, 2.24) is 5.32 Å². The maximum Gasteiger partial charge on any atom is 0.229 e. The normalized spacial score (nSPS) is 16.6. The zero-order valence-electron chi connectivity index (χ0n) is 14.6. The van der Waals surface area contributed by atoms with Crippen molar-refractivity contribution in [2.24, 2.45) is 0 Å². The molecule has 1 fully saturated rings. The summed E-state index contributed by atoms with van der Waals surface area (Å²) in [7, 11) is 0. The number of amides is 2. The summed E-state index contributed by atoms with van der Waals surface area (Å²) >= 11 is 0. The molecule has 1 heterocycles. The number of rotatable bonds is 6. The highest BCUT2D eigenvalue weighted by Gasteiger charge is 2.31. The van der Waals surface area contributed by atoms with E-state index in [0.29, 0.717) is 18.8 Å². The minimum absolute atomic E-state index is 0.123. The molecule has 0 saturated carbocycles. The number of anilines is 1. The van der Waals surface area contributed by atoms with Crippen LogP contribution in [0.15, 0.2) is 48.5 Å². The Morgan fingerprint density at radius 2 is 2.04 bits per heavy atom. The Kier molecular flexibility index (Phi) is 5.51. The number of halogens is 1. The van der Waals surface area contributed by atoms with Gasteiger partial charge in [-0.3, -0.25) is 9.59 Å². The van der Waals surface area contributed by atoms with Gasteiger partial charge in [0.2, 0.25) is 11.8 Å². The van der Waals surface area contributed by atoms with E-state index >= 15 is 0 Å². The van der Waals surface area contributed by atoms with Gasteiger partial charge in [-0.1, -0.05) is 18.2 Å². The minimum Gasteiger partial charge on any atom is -0.494 e. The van der Waals surface area contributed by atoms with Crippen LogP contribution >= 0.6 is 0 Å². The van der Waals surface area contributed by atoms with Gasteiger partial charge in [-0.15, -0.1) is 0 Å².